The molecule has 78 valence electrons. The topological polar surface area (TPSA) is 82.3 Å². The van der Waals surface area contributed by atoms with Gasteiger partial charge in [-0.25, -0.2) is 0 Å². The summed E-state index contributed by atoms with van der Waals surface area (Å²) in [7, 11) is 1.90. The lowest BCUT2D eigenvalue weighted by atomic mass is 10.2. The molecule has 0 saturated heterocycles. The number of carboxylic acids is 1. The van der Waals surface area contributed by atoms with Gasteiger partial charge in [-0.3, -0.25) is 4.79 Å². The van der Waals surface area contributed by atoms with Crippen molar-refractivity contribution in [3.63, 3.8) is 0 Å². The number of rotatable bonds is 5. The number of carbonyl (C=O) groups is 1. The van der Waals surface area contributed by atoms with E-state index in [-0.39, 0.29) is 0 Å². The van der Waals surface area contributed by atoms with Crippen molar-refractivity contribution in [1.29, 1.82) is 0 Å². The molecule has 0 bridgehead atoms. The molecule has 1 aromatic rings. The van der Waals surface area contributed by atoms with Crippen molar-refractivity contribution < 1.29 is 9.90 Å². The van der Waals surface area contributed by atoms with Crippen molar-refractivity contribution in [3.8, 4) is 0 Å². The number of nitrogens with zero attached hydrogens (tertiary/aromatic N) is 1. The molecule has 0 fully saturated rings. The SMILES string of the molecule is CN(CCC(N)C(=O)O)c1cc[nH]c1. The normalized spacial score (nSPS) is 12.4. The van der Waals surface area contributed by atoms with Crippen LogP contribution < -0.4 is 10.6 Å². The summed E-state index contributed by atoms with van der Waals surface area (Å²) in [6, 6.07) is 1.14. The zero-order valence-electron chi connectivity index (χ0n) is 8.10. The molecule has 14 heavy (non-hydrogen) atoms. The summed E-state index contributed by atoms with van der Waals surface area (Å²) in [4.78, 5) is 15.3. The molecule has 5 heteroatoms. The van der Waals surface area contributed by atoms with E-state index in [2.05, 4.69) is 4.98 Å². The van der Waals surface area contributed by atoms with Crippen LogP contribution in [0.4, 0.5) is 5.69 Å². The molecule has 1 aromatic heterocycles. The smallest absolute Gasteiger partial charge is 0.320 e. The van der Waals surface area contributed by atoms with E-state index in [0.29, 0.717) is 13.0 Å². The maximum Gasteiger partial charge on any atom is 0.320 e. The molecule has 1 heterocycles. The Morgan fingerprint density at radius 3 is 3.00 bits per heavy atom. The quantitative estimate of drug-likeness (QED) is 0.632. The highest BCUT2D eigenvalue weighted by molar-refractivity contribution is 5.73. The lowest BCUT2D eigenvalue weighted by molar-refractivity contribution is -0.138. The first-order valence-corrected chi connectivity index (χ1v) is 4.43. The first kappa shape index (κ1) is 10.6. The summed E-state index contributed by atoms with van der Waals surface area (Å²) in [5, 5.41) is 8.58. The van der Waals surface area contributed by atoms with Crippen molar-refractivity contribution >= 4 is 11.7 Å². The van der Waals surface area contributed by atoms with E-state index in [4.69, 9.17) is 10.8 Å². The monoisotopic (exact) mass is 197 g/mol. The molecule has 5 nitrogen and oxygen atoms in total. The first-order chi connectivity index (χ1) is 6.61. The van der Waals surface area contributed by atoms with Gasteiger partial charge in [0.25, 0.3) is 0 Å². The summed E-state index contributed by atoms with van der Waals surface area (Å²) in [6.07, 6.45) is 4.12. The van der Waals surface area contributed by atoms with Crippen LogP contribution in [-0.2, 0) is 4.79 Å². The zero-order chi connectivity index (χ0) is 10.6. The number of hydrogen-bond donors (Lipinski definition) is 3. The Labute approximate surface area is 82.5 Å². The molecule has 0 spiro atoms. The van der Waals surface area contributed by atoms with Gasteiger partial charge in [0.05, 0.1) is 5.69 Å². The van der Waals surface area contributed by atoms with E-state index in [1.165, 1.54) is 0 Å². The minimum absolute atomic E-state index is 0.441. The van der Waals surface area contributed by atoms with Gasteiger partial charge in [0.1, 0.15) is 6.04 Å². The molecule has 0 aliphatic rings. The number of H-pyrrole nitrogens is 1. The molecule has 1 atom stereocenters. The lowest BCUT2D eigenvalue weighted by Gasteiger charge is -2.18. The van der Waals surface area contributed by atoms with Gasteiger partial charge in [-0.1, -0.05) is 0 Å². The number of hydrogen-bond acceptors (Lipinski definition) is 3. The van der Waals surface area contributed by atoms with Crippen molar-refractivity contribution in [2.75, 3.05) is 18.5 Å². The second kappa shape index (κ2) is 4.66. The van der Waals surface area contributed by atoms with Gasteiger partial charge in [-0.05, 0) is 12.5 Å². The second-order valence-electron chi connectivity index (χ2n) is 3.22. The van der Waals surface area contributed by atoms with Crippen molar-refractivity contribution in [1.82, 2.24) is 4.98 Å². The lowest BCUT2D eigenvalue weighted by Crippen LogP contribution is -2.34. The summed E-state index contributed by atoms with van der Waals surface area (Å²) < 4.78 is 0. The van der Waals surface area contributed by atoms with Crippen molar-refractivity contribution in [2.24, 2.45) is 5.73 Å². The van der Waals surface area contributed by atoms with E-state index in [1.54, 1.807) is 0 Å². The van der Waals surface area contributed by atoms with Gasteiger partial charge in [0, 0.05) is 26.0 Å². The summed E-state index contributed by atoms with van der Waals surface area (Å²) in [5.74, 6) is -0.951. The van der Waals surface area contributed by atoms with Crippen LogP contribution in [0.15, 0.2) is 18.5 Å². The third-order valence-corrected chi connectivity index (χ3v) is 2.12. The fourth-order valence-electron chi connectivity index (χ4n) is 1.14. The molecule has 0 aromatic carbocycles. The minimum Gasteiger partial charge on any atom is -0.480 e. The Hall–Kier alpha value is -1.49. The van der Waals surface area contributed by atoms with E-state index >= 15 is 0 Å². The Morgan fingerprint density at radius 1 is 1.79 bits per heavy atom. The van der Waals surface area contributed by atoms with E-state index < -0.39 is 12.0 Å². The van der Waals surface area contributed by atoms with Gasteiger partial charge >= 0.3 is 5.97 Å². The molecule has 0 aliphatic carbocycles. The maximum atomic E-state index is 10.4. The number of aliphatic carboxylic acids is 1. The Bertz CT molecular complexity index is 284. The predicted molar refractivity (Wildman–Crippen MR) is 54.3 cm³/mol. The standard InChI is InChI=1S/C9H15N3O2/c1-12(7-2-4-11-6-7)5-3-8(10)9(13)14/h2,4,6,8,11H,3,5,10H2,1H3,(H,13,14). The number of nitrogens with one attached hydrogen (secondary N) is 1. The van der Waals surface area contributed by atoms with Gasteiger partial charge in [-0.2, -0.15) is 0 Å². The summed E-state index contributed by atoms with van der Waals surface area (Å²) in [6.45, 7) is 0.630. The van der Waals surface area contributed by atoms with Crippen LogP contribution in [0.3, 0.4) is 0 Å². The van der Waals surface area contributed by atoms with E-state index in [9.17, 15) is 4.79 Å². The van der Waals surface area contributed by atoms with Gasteiger partial charge in [0.15, 0.2) is 0 Å². The van der Waals surface area contributed by atoms with Crippen molar-refractivity contribution in [2.45, 2.75) is 12.5 Å². The van der Waals surface area contributed by atoms with E-state index in [0.717, 1.165) is 5.69 Å². The highest BCUT2D eigenvalue weighted by Crippen LogP contribution is 2.10. The highest BCUT2D eigenvalue weighted by Gasteiger charge is 2.12. The zero-order valence-corrected chi connectivity index (χ0v) is 8.10. The number of nitrogens with two attached hydrogens (primary N) is 1. The molecular weight excluding hydrogens is 182 g/mol. The van der Waals surface area contributed by atoms with Crippen LogP contribution in [0, 0.1) is 0 Å². The van der Waals surface area contributed by atoms with Crippen LogP contribution in [0.25, 0.3) is 0 Å². The Balaban J connectivity index is 2.35. The van der Waals surface area contributed by atoms with Crippen LogP contribution in [-0.4, -0.2) is 35.7 Å². The van der Waals surface area contributed by atoms with Crippen LogP contribution in [0.5, 0.6) is 0 Å². The van der Waals surface area contributed by atoms with Gasteiger partial charge in [-0.15, -0.1) is 0 Å². The number of aromatic nitrogens is 1. The second-order valence-corrected chi connectivity index (χ2v) is 3.22. The van der Waals surface area contributed by atoms with Crippen molar-refractivity contribution in [3.05, 3.63) is 18.5 Å². The molecule has 0 radical (unpaired) electrons. The molecule has 4 N–H and O–H groups in total. The third kappa shape index (κ3) is 2.77. The van der Waals surface area contributed by atoms with E-state index in [1.807, 2.05) is 30.4 Å². The van der Waals surface area contributed by atoms with Crippen LogP contribution >= 0.6 is 0 Å². The molecule has 0 aliphatic heterocycles. The maximum absolute atomic E-state index is 10.4. The number of anilines is 1. The van der Waals surface area contributed by atoms with Crippen LogP contribution in [0.2, 0.25) is 0 Å². The molecular formula is C9H15N3O2. The summed E-state index contributed by atoms with van der Waals surface area (Å²) in [5.41, 5.74) is 6.41. The molecule has 0 amide bonds. The largest absolute Gasteiger partial charge is 0.480 e. The molecule has 1 rings (SSSR count). The fourth-order valence-corrected chi connectivity index (χ4v) is 1.14. The first-order valence-electron chi connectivity index (χ1n) is 4.43. The Kier molecular flexibility index (Phi) is 3.53. The fraction of sp³-hybridized carbons (Fsp3) is 0.444. The number of aromatic amines is 1. The van der Waals surface area contributed by atoms with Crippen LogP contribution in [0.1, 0.15) is 6.42 Å². The third-order valence-electron chi connectivity index (χ3n) is 2.12. The average molecular weight is 197 g/mol. The highest BCUT2D eigenvalue weighted by atomic mass is 16.4. The molecule has 1 unspecified atom stereocenters. The molecule has 0 saturated carbocycles. The number of carboxylic acid groups (broad SMARTS) is 1. The average Bonchev–Trinajstić information content (AvgIpc) is 2.66. The van der Waals surface area contributed by atoms with Gasteiger partial charge < -0.3 is 20.7 Å². The predicted octanol–water partition coefficient (Wildman–Crippen LogP) is 0.253. The van der Waals surface area contributed by atoms with Gasteiger partial charge in [0.2, 0.25) is 0 Å². The minimum atomic E-state index is -0.951. The Morgan fingerprint density at radius 2 is 2.50 bits per heavy atom. The summed E-state index contributed by atoms with van der Waals surface area (Å²) >= 11 is 0.